The van der Waals surface area contributed by atoms with E-state index in [0.29, 0.717) is 11.0 Å². The summed E-state index contributed by atoms with van der Waals surface area (Å²) in [7, 11) is 0. The Balaban J connectivity index is 3.02. The van der Waals surface area contributed by atoms with Gasteiger partial charge < -0.3 is 5.32 Å². The molecule has 17 heavy (non-hydrogen) atoms. The Morgan fingerprint density at radius 2 is 2.06 bits per heavy atom. The maximum atomic E-state index is 12.5. The standard InChI is InChI=1S/C11H11BrF3NO/c1-2-5-16-10(17)8-6-7(11(13,14)15)3-4-9(8)12/h3-4,6H,2,5H2,1H3,(H,16,17). The zero-order valence-electron chi connectivity index (χ0n) is 9.07. The highest BCUT2D eigenvalue weighted by Gasteiger charge is 2.31. The van der Waals surface area contributed by atoms with E-state index in [1.54, 1.807) is 0 Å². The number of carbonyl (C=O) groups excluding carboxylic acids is 1. The molecule has 1 N–H and O–H groups in total. The lowest BCUT2D eigenvalue weighted by atomic mass is 10.1. The van der Waals surface area contributed by atoms with Crippen molar-refractivity contribution in [2.24, 2.45) is 0 Å². The van der Waals surface area contributed by atoms with Crippen molar-refractivity contribution in [3.05, 3.63) is 33.8 Å². The third kappa shape index (κ3) is 3.73. The molecule has 0 unspecified atom stereocenters. The summed E-state index contributed by atoms with van der Waals surface area (Å²) in [6.07, 6.45) is -3.72. The number of halogens is 4. The summed E-state index contributed by atoms with van der Waals surface area (Å²) in [4.78, 5) is 11.6. The molecular weight excluding hydrogens is 299 g/mol. The smallest absolute Gasteiger partial charge is 0.352 e. The molecule has 1 aromatic rings. The second-order valence-electron chi connectivity index (χ2n) is 3.45. The van der Waals surface area contributed by atoms with Gasteiger partial charge in [-0.15, -0.1) is 0 Å². The van der Waals surface area contributed by atoms with E-state index in [-0.39, 0.29) is 5.56 Å². The summed E-state index contributed by atoms with van der Waals surface area (Å²) < 4.78 is 37.8. The van der Waals surface area contributed by atoms with Crippen LogP contribution in [-0.2, 0) is 6.18 Å². The predicted octanol–water partition coefficient (Wildman–Crippen LogP) is 3.61. The number of hydrogen-bond acceptors (Lipinski definition) is 1. The number of alkyl halides is 3. The predicted molar refractivity (Wildman–Crippen MR) is 61.8 cm³/mol. The fourth-order valence-electron chi connectivity index (χ4n) is 1.21. The highest BCUT2D eigenvalue weighted by Crippen LogP contribution is 2.31. The number of carbonyl (C=O) groups is 1. The fourth-order valence-corrected chi connectivity index (χ4v) is 1.64. The van der Waals surface area contributed by atoms with Crippen molar-refractivity contribution in [2.75, 3.05) is 6.54 Å². The molecule has 0 bridgehead atoms. The summed E-state index contributed by atoms with van der Waals surface area (Å²) in [5, 5.41) is 2.53. The Bertz CT molecular complexity index is 418. The van der Waals surface area contributed by atoms with E-state index >= 15 is 0 Å². The van der Waals surface area contributed by atoms with Crippen LogP contribution < -0.4 is 5.32 Å². The zero-order valence-corrected chi connectivity index (χ0v) is 10.7. The van der Waals surface area contributed by atoms with Crippen LogP contribution in [0.2, 0.25) is 0 Å². The zero-order chi connectivity index (χ0) is 13.1. The molecule has 1 rings (SSSR count). The minimum atomic E-state index is -4.44. The normalized spacial score (nSPS) is 11.4. The maximum absolute atomic E-state index is 12.5. The lowest BCUT2D eigenvalue weighted by molar-refractivity contribution is -0.137. The van der Waals surface area contributed by atoms with E-state index < -0.39 is 17.6 Å². The van der Waals surface area contributed by atoms with Gasteiger partial charge in [0.2, 0.25) is 0 Å². The average Bonchev–Trinajstić information content (AvgIpc) is 2.24. The number of benzene rings is 1. The van der Waals surface area contributed by atoms with E-state index in [1.165, 1.54) is 6.07 Å². The van der Waals surface area contributed by atoms with Gasteiger partial charge in [-0.3, -0.25) is 4.79 Å². The van der Waals surface area contributed by atoms with Gasteiger partial charge in [-0.2, -0.15) is 13.2 Å². The van der Waals surface area contributed by atoms with Crippen LogP contribution in [0.15, 0.2) is 22.7 Å². The van der Waals surface area contributed by atoms with Crippen LogP contribution in [0.4, 0.5) is 13.2 Å². The van der Waals surface area contributed by atoms with Gasteiger partial charge in [-0.05, 0) is 40.5 Å². The van der Waals surface area contributed by atoms with Crippen LogP contribution >= 0.6 is 15.9 Å². The number of rotatable bonds is 3. The Hall–Kier alpha value is -1.04. The fraction of sp³-hybridized carbons (Fsp3) is 0.364. The molecule has 0 aliphatic carbocycles. The van der Waals surface area contributed by atoms with Crippen LogP contribution in [0, 0.1) is 0 Å². The Morgan fingerprint density at radius 3 is 2.59 bits per heavy atom. The molecule has 0 radical (unpaired) electrons. The highest BCUT2D eigenvalue weighted by molar-refractivity contribution is 9.10. The quantitative estimate of drug-likeness (QED) is 0.908. The van der Waals surface area contributed by atoms with E-state index in [2.05, 4.69) is 21.2 Å². The van der Waals surface area contributed by atoms with Crippen molar-refractivity contribution in [3.8, 4) is 0 Å². The molecule has 0 atom stereocenters. The van der Waals surface area contributed by atoms with Crippen LogP contribution in [-0.4, -0.2) is 12.5 Å². The molecule has 0 fully saturated rings. The van der Waals surface area contributed by atoms with Crippen molar-refractivity contribution in [2.45, 2.75) is 19.5 Å². The van der Waals surface area contributed by atoms with Crippen molar-refractivity contribution in [1.29, 1.82) is 0 Å². The molecule has 0 aliphatic rings. The van der Waals surface area contributed by atoms with Crippen molar-refractivity contribution in [1.82, 2.24) is 5.32 Å². The minimum Gasteiger partial charge on any atom is -0.352 e. The van der Waals surface area contributed by atoms with Crippen molar-refractivity contribution in [3.63, 3.8) is 0 Å². The van der Waals surface area contributed by atoms with Gasteiger partial charge in [0.25, 0.3) is 5.91 Å². The van der Waals surface area contributed by atoms with E-state index in [9.17, 15) is 18.0 Å². The van der Waals surface area contributed by atoms with Gasteiger partial charge in [0, 0.05) is 11.0 Å². The SMILES string of the molecule is CCCNC(=O)c1cc(C(F)(F)F)ccc1Br. The molecule has 94 valence electrons. The first-order valence-corrected chi connectivity index (χ1v) is 5.80. The van der Waals surface area contributed by atoms with Crippen LogP contribution in [0.3, 0.4) is 0 Å². The third-order valence-corrected chi connectivity index (χ3v) is 2.77. The maximum Gasteiger partial charge on any atom is 0.416 e. The second kappa shape index (κ2) is 5.53. The molecule has 0 heterocycles. The van der Waals surface area contributed by atoms with E-state index in [1.807, 2.05) is 6.92 Å². The molecule has 0 saturated heterocycles. The Labute approximate surface area is 105 Å². The van der Waals surface area contributed by atoms with Crippen LogP contribution in [0.25, 0.3) is 0 Å². The van der Waals surface area contributed by atoms with Gasteiger partial charge in [0.05, 0.1) is 11.1 Å². The molecular formula is C11H11BrF3NO. The monoisotopic (exact) mass is 309 g/mol. The van der Waals surface area contributed by atoms with E-state index in [4.69, 9.17) is 0 Å². The van der Waals surface area contributed by atoms with Crippen molar-refractivity contribution < 1.29 is 18.0 Å². The molecule has 1 amide bonds. The molecule has 6 heteroatoms. The van der Waals surface area contributed by atoms with Crippen LogP contribution in [0.5, 0.6) is 0 Å². The molecule has 2 nitrogen and oxygen atoms in total. The first-order chi connectivity index (χ1) is 7.86. The third-order valence-electron chi connectivity index (χ3n) is 2.07. The summed E-state index contributed by atoms with van der Waals surface area (Å²) in [6.45, 7) is 2.29. The molecule has 1 aromatic carbocycles. The summed E-state index contributed by atoms with van der Waals surface area (Å²) in [5.41, 5.74) is -0.837. The highest BCUT2D eigenvalue weighted by atomic mass is 79.9. The van der Waals surface area contributed by atoms with Gasteiger partial charge >= 0.3 is 6.18 Å². The summed E-state index contributed by atoms with van der Waals surface area (Å²) in [6, 6.07) is 3.00. The van der Waals surface area contributed by atoms with Gasteiger partial charge in [-0.25, -0.2) is 0 Å². The molecule has 0 aliphatic heterocycles. The number of amides is 1. The first kappa shape index (κ1) is 14.0. The minimum absolute atomic E-state index is 0.00623. The van der Waals surface area contributed by atoms with Gasteiger partial charge in [0.15, 0.2) is 0 Å². The molecule has 0 aromatic heterocycles. The Morgan fingerprint density at radius 1 is 1.41 bits per heavy atom. The van der Waals surface area contributed by atoms with Crippen LogP contribution in [0.1, 0.15) is 29.3 Å². The Kier molecular flexibility index (Phi) is 4.56. The lowest BCUT2D eigenvalue weighted by Crippen LogP contribution is -2.24. The molecule has 0 saturated carbocycles. The first-order valence-electron chi connectivity index (χ1n) is 5.01. The van der Waals surface area contributed by atoms with Crippen molar-refractivity contribution >= 4 is 21.8 Å². The number of hydrogen-bond donors (Lipinski definition) is 1. The topological polar surface area (TPSA) is 29.1 Å². The van der Waals surface area contributed by atoms with E-state index in [0.717, 1.165) is 18.6 Å². The summed E-state index contributed by atoms with van der Waals surface area (Å²) >= 11 is 3.06. The van der Waals surface area contributed by atoms with Gasteiger partial charge in [-0.1, -0.05) is 6.92 Å². The number of nitrogens with one attached hydrogen (secondary N) is 1. The second-order valence-corrected chi connectivity index (χ2v) is 4.30. The lowest BCUT2D eigenvalue weighted by Gasteiger charge is -2.10. The molecule has 0 spiro atoms. The largest absolute Gasteiger partial charge is 0.416 e. The van der Waals surface area contributed by atoms with Gasteiger partial charge in [0.1, 0.15) is 0 Å². The average molecular weight is 310 g/mol. The summed E-state index contributed by atoms with van der Waals surface area (Å²) in [5.74, 6) is -0.509.